The Balaban J connectivity index is 3.12. The first kappa shape index (κ1) is 15.3. The lowest BCUT2D eigenvalue weighted by Gasteiger charge is -2.32. The lowest BCUT2D eigenvalue weighted by Crippen LogP contribution is -2.34. The summed E-state index contributed by atoms with van der Waals surface area (Å²) in [6.07, 6.45) is 2.85. The molecule has 0 bridgehead atoms. The summed E-state index contributed by atoms with van der Waals surface area (Å²) in [6, 6.07) is 8.29. The third kappa shape index (κ3) is 4.78. The fourth-order valence-corrected chi connectivity index (χ4v) is 2.03. The van der Waals surface area contributed by atoms with Crippen LogP contribution in [0.15, 0.2) is 30.3 Å². The molecule has 104 valence electrons. The number of nitrogens with zero attached hydrogens (tertiary/aromatic N) is 1. The number of hydrogen-bond donors (Lipinski definition) is 1. The van der Waals surface area contributed by atoms with Gasteiger partial charge < -0.3 is 10.0 Å². The minimum Gasteiger partial charge on any atom is -0.478 e. The van der Waals surface area contributed by atoms with Crippen molar-refractivity contribution < 1.29 is 9.90 Å². The van der Waals surface area contributed by atoms with Crippen LogP contribution in [0.25, 0.3) is 6.08 Å². The first-order valence-electron chi connectivity index (χ1n) is 6.68. The van der Waals surface area contributed by atoms with Crippen molar-refractivity contribution in [1.29, 1.82) is 0 Å². The standard InChI is InChI=1S/C16H23NO2/c1-12(2)11-17(13(3)4)15-8-6-5-7-14(15)9-10-16(18)19/h5-10,12-13H,11H2,1-4H3,(H,18,19)/b10-9+. The molecule has 0 saturated heterocycles. The van der Waals surface area contributed by atoms with E-state index in [1.165, 1.54) is 6.08 Å². The van der Waals surface area contributed by atoms with Crippen molar-refractivity contribution >= 4 is 17.7 Å². The van der Waals surface area contributed by atoms with Crippen LogP contribution in [0.5, 0.6) is 0 Å². The van der Waals surface area contributed by atoms with Gasteiger partial charge in [0.05, 0.1) is 0 Å². The van der Waals surface area contributed by atoms with Gasteiger partial charge in [-0.1, -0.05) is 32.0 Å². The summed E-state index contributed by atoms with van der Waals surface area (Å²) >= 11 is 0. The van der Waals surface area contributed by atoms with Crippen LogP contribution in [0.2, 0.25) is 0 Å². The van der Waals surface area contributed by atoms with Crippen molar-refractivity contribution in [3.63, 3.8) is 0 Å². The number of aliphatic carboxylic acids is 1. The zero-order valence-electron chi connectivity index (χ0n) is 12.1. The third-order valence-electron chi connectivity index (χ3n) is 2.84. The highest BCUT2D eigenvalue weighted by Crippen LogP contribution is 2.24. The molecule has 0 spiro atoms. The van der Waals surface area contributed by atoms with Crippen molar-refractivity contribution in [3.8, 4) is 0 Å². The largest absolute Gasteiger partial charge is 0.478 e. The number of rotatable bonds is 6. The quantitative estimate of drug-likeness (QED) is 0.794. The van der Waals surface area contributed by atoms with E-state index in [0.29, 0.717) is 12.0 Å². The molecule has 3 heteroatoms. The Morgan fingerprint density at radius 2 is 1.89 bits per heavy atom. The second kappa shape index (κ2) is 6.98. The van der Waals surface area contributed by atoms with Gasteiger partial charge in [-0.05, 0) is 37.5 Å². The molecule has 0 aromatic heterocycles. The van der Waals surface area contributed by atoms with Crippen molar-refractivity contribution in [2.45, 2.75) is 33.7 Å². The minimum absolute atomic E-state index is 0.377. The average molecular weight is 261 g/mol. The van der Waals surface area contributed by atoms with Crippen LogP contribution in [-0.4, -0.2) is 23.7 Å². The van der Waals surface area contributed by atoms with E-state index >= 15 is 0 Å². The van der Waals surface area contributed by atoms with E-state index in [9.17, 15) is 4.79 Å². The van der Waals surface area contributed by atoms with Gasteiger partial charge in [0.25, 0.3) is 0 Å². The van der Waals surface area contributed by atoms with Gasteiger partial charge in [0.2, 0.25) is 0 Å². The van der Waals surface area contributed by atoms with Crippen molar-refractivity contribution in [2.24, 2.45) is 5.92 Å². The molecule has 0 atom stereocenters. The SMILES string of the molecule is CC(C)CN(c1ccccc1/C=C/C(=O)O)C(C)C. The zero-order chi connectivity index (χ0) is 14.4. The Bertz CT molecular complexity index is 450. The van der Waals surface area contributed by atoms with Gasteiger partial charge in [0.1, 0.15) is 0 Å². The van der Waals surface area contributed by atoms with E-state index < -0.39 is 5.97 Å². The van der Waals surface area contributed by atoms with Gasteiger partial charge in [-0.15, -0.1) is 0 Å². The normalized spacial score (nSPS) is 11.5. The zero-order valence-corrected chi connectivity index (χ0v) is 12.1. The summed E-state index contributed by atoms with van der Waals surface area (Å²) in [5, 5.41) is 8.76. The summed E-state index contributed by atoms with van der Waals surface area (Å²) < 4.78 is 0. The highest BCUT2D eigenvalue weighted by atomic mass is 16.4. The van der Waals surface area contributed by atoms with Gasteiger partial charge in [-0.2, -0.15) is 0 Å². The van der Waals surface area contributed by atoms with E-state index in [4.69, 9.17) is 5.11 Å². The monoisotopic (exact) mass is 261 g/mol. The summed E-state index contributed by atoms with van der Waals surface area (Å²) in [5.41, 5.74) is 2.03. The predicted molar refractivity (Wildman–Crippen MR) is 80.4 cm³/mol. The highest BCUT2D eigenvalue weighted by molar-refractivity contribution is 5.87. The summed E-state index contributed by atoms with van der Waals surface area (Å²) in [5.74, 6) is -0.367. The lowest BCUT2D eigenvalue weighted by atomic mass is 10.1. The van der Waals surface area contributed by atoms with Gasteiger partial charge in [0.15, 0.2) is 0 Å². The number of carboxylic acid groups (broad SMARTS) is 1. The maximum Gasteiger partial charge on any atom is 0.328 e. The maximum absolute atomic E-state index is 10.7. The summed E-state index contributed by atoms with van der Waals surface area (Å²) in [7, 11) is 0. The van der Waals surface area contributed by atoms with Gasteiger partial charge >= 0.3 is 5.97 Å². The number of hydrogen-bond acceptors (Lipinski definition) is 2. The molecule has 0 amide bonds. The molecule has 3 nitrogen and oxygen atoms in total. The van der Waals surface area contributed by atoms with E-state index in [2.05, 4.69) is 32.6 Å². The second-order valence-corrected chi connectivity index (χ2v) is 5.37. The highest BCUT2D eigenvalue weighted by Gasteiger charge is 2.14. The topological polar surface area (TPSA) is 40.5 Å². The number of carbonyl (C=O) groups is 1. The van der Waals surface area contributed by atoms with Crippen LogP contribution in [0, 0.1) is 5.92 Å². The number of para-hydroxylation sites is 1. The van der Waals surface area contributed by atoms with Crippen LogP contribution in [0.4, 0.5) is 5.69 Å². The minimum atomic E-state index is -0.922. The average Bonchev–Trinajstić information content (AvgIpc) is 2.33. The lowest BCUT2D eigenvalue weighted by molar-refractivity contribution is -0.131. The Labute approximate surface area is 115 Å². The second-order valence-electron chi connectivity index (χ2n) is 5.37. The van der Waals surface area contributed by atoms with E-state index in [1.807, 2.05) is 24.3 Å². The first-order chi connectivity index (χ1) is 8.91. The van der Waals surface area contributed by atoms with E-state index in [1.54, 1.807) is 6.08 Å². The fourth-order valence-electron chi connectivity index (χ4n) is 2.03. The summed E-state index contributed by atoms with van der Waals surface area (Å²) in [6.45, 7) is 9.63. The molecule has 1 N–H and O–H groups in total. The molecular formula is C16H23NO2. The van der Waals surface area contributed by atoms with Crippen LogP contribution in [-0.2, 0) is 4.79 Å². The van der Waals surface area contributed by atoms with Gasteiger partial charge in [-0.25, -0.2) is 4.79 Å². The van der Waals surface area contributed by atoms with E-state index in [-0.39, 0.29) is 0 Å². The first-order valence-corrected chi connectivity index (χ1v) is 6.68. The van der Waals surface area contributed by atoms with Crippen LogP contribution in [0.1, 0.15) is 33.3 Å². The van der Waals surface area contributed by atoms with Gasteiger partial charge in [-0.3, -0.25) is 0 Å². The molecule has 0 unspecified atom stereocenters. The van der Waals surface area contributed by atoms with Crippen LogP contribution >= 0.6 is 0 Å². The molecule has 1 aromatic rings. The molecule has 0 aliphatic heterocycles. The maximum atomic E-state index is 10.7. The molecule has 0 heterocycles. The van der Waals surface area contributed by atoms with Crippen LogP contribution in [0.3, 0.4) is 0 Å². The molecule has 0 aliphatic rings. The fraction of sp³-hybridized carbons (Fsp3) is 0.438. The molecule has 1 rings (SSSR count). The number of anilines is 1. The molecule has 19 heavy (non-hydrogen) atoms. The molecule has 0 radical (unpaired) electrons. The molecule has 1 aromatic carbocycles. The molecular weight excluding hydrogens is 238 g/mol. The summed E-state index contributed by atoms with van der Waals surface area (Å²) in [4.78, 5) is 13.0. The third-order valence-corrected chi connectivity index (χ3v) is 2.84. The number of benzene rings is 1. The molecule has 0 aliphatic carbocycles. The predicted octanol–water partition coefficient (Wildman–Crippen LogP) is 3.66. The molecule has 0 fully saturated rings. The number of carboxylic acids is 1. The van der Waals surface area contributed by atoms with Crippen molar-refractivity contribution in [3.05, 3.63) is 35.9 Å². The Morgan fingerprint density at radius 1 is 1.26 bits per heavy atom. The van der Waals surface area contributed by atoms with Crippen molar-refractivity contribution in [1.82, 2.24) is 0 Å². The van der Waals surface area contributed by atoms with E-state index in [0.717, 1.165) is 17.8 Å². The Hall–Kier alpha value is -1.77. The Kier molecular flexibility index (Phi) is 5.61. The Morgan fingerprint density at radius 3 is 2.42 bits per heavy atom. The van der Waals surface area contributed by atoms with Gasteiger partial charge in [0, 0.05) is 24.4 Å². The van der Waals surface area contributed by atoms with Crippen LogP contribution < -0.4 is 4.90 Å². The van der Waals surface area contributed by atoms with Crippen molar-refractivity contribution in [2.75, 3.05) is 11.4 Å². The smallest absolute Gasteiger partial charge is 0.328 e. The molecule has 0 saturated carbocycles.